The first kappa shape index (κ1) is 16.9. The van der Waals surface area contributed by atoms with Crippen molar-refractivity contribution in [3.63, 3.8) is 0 Å². The highest BCUT2D eigenvalue weighted by molar-refractivity contribution is 5.84. The van der Waals surface area contributed by atoms with Gasteiger partial charge in [-0.05, 0) is 5.56 Å². The molecule has 0 bridgehead atoms. The van der Waals surface area contributed by atoms with Crippen molar-refractivity contribution in [1.29, 1.82) is 0 Å². The molecule has 0 aliphatic carbocycles. The van der Waals surface area contributed by atoms with Crippen molar-refractivity contribution in [3.05, 3.63) is 48.5 Å². The van der Waals surface area contributed by atoms with Crippen LogP contribution in [0.1, 0.15) is 5.56 Å². The Morgan fingerprint density at radius 1 is 1.19 bits per heavy atom. The van der Waals surface area contributed by atoms with Gasteiger partial charge in [0.25, 0.3) is 0 Å². The maximum atomic E-state index is 9.68. The summed E-state index contributed by atoms with van der Waals surface area (Å²) in [6.07, 6.45) is 2.26. The summed E-state index contributed by atoms with van der Waals surface area (Å²) in [7, 11) is 1.73. The Morgan fingerprint density at radius 3 is 2.65 bits per heavy atom. The van der Waals surface area contributed by atoms with E-state index in [4.69, 9.17) is 9.84 Å². The van der Waals surface area contributed by atoms with Gasteiger partial charge in [0.1, 0.15) is 11.9 Å². The van der Waals surface area contributed by atoms with E-state index in [1.165, 1.54) is 6.33 Å². The zero-order chi connectivity index (χ0) is 18.1. The van der Waals surface area contributed by atoms with Crippen LogP contribution < -0.4 is 4.90 Å². The van der Waals surface area contributed by atoms with Gasteiger partial charge in [0.2, 0.25) is 0 Å². The number of anilines is 1. The maximum Gasteiger partial charge on any atom is 0.165 e. The van der Waals surface area contributed by atoms with Gasteiger partial charge < -0.3 is 24.4 Å². The topological polar surface area (TPSA) is 96.5 Å². The van der Waals surface area contributed by atoms with Crippen molar-refractivity contribution in [3.8, 4) is 0 Å². The summed E-state index contributed by atoms with van der Waals surface area (Å²) in [5, 5.41) is 18.7. The lowest BCUT2D eigenvalue weighted by molar-refractivity contribution is -0.0384. The smallest absolute Gasteiger partial charge is 0.165 e. The number of fused-ring (bicyclic) bond motifs is 1. The van der Waals surface area contributed by atoms with E-state index < -0.39 is 6.10 Å². The third-order valence-corrected chi connectivity index (χ3v) is 4.88. The first-order valence-electron chi connectivity index (χ1n) is 8.47. The minimum Gasteiger partial charge on any atom is -0.394 e. The summed E-state index contributed by atoms with van der Waals surface area (Å²) < 4.78 is 7.55. The number of hydrogen-bond donors (Lipinski definition) is 2. The Kier molecular flexibility index (Phi) is 4.31. The summed E-state index contributed by atoms with van der Waals surface area (Å²) in [4.78, 5) is 15.2. The van der Waals surface area contributed by atoms with Crippen LogP contribution in [0.2, 0.25) is 0 Å². The molecule has 2 aromatic heterocycles. The molecular weight excluding hydrogens is 334 g/mol. The molecule has 1 aromatic carbocycles. The van der Waals surface area contributed by atoms with E-state index in [9.17, 15) is 5.11 Å². The molecule has 1 unspecified atom stereocenters. The molecule has 1 atom stereocenters. The first-order valence-corrected chi connectivity index (χ1v) is 8.47. The Labute approximate surface area is 150 Å². The summed E-state index contributed by atoms with van der Waals surface area (Å²) >= 11 is 0. The lowest BCUT2D eigenvalue weighted by Crippen LogP contribution is -2.61. The number of nitrogens with zero attached hydrogens (tertiary/aromatic N) is 5. The van der Waals surface area contributed by atoms with Crippen molar-refractivity contribution in [2.24, 2.45) is 0 Å². The second kappa shape index (κ2) is 6.64. The molecule has 26 heavy (non-hydrogen) atoms. The fourth-order valence-electron chi connectivity index (χ4n) is 3.41. The number of aromatic nitrogens is 4. The van der Waals surface area contributed by atoms with Gasteiger partial charge in [-0.1, -0.05) is 30.3 Å². The quantitative estimate of drug-likeness (QED) is 0.666. The molecule has 0 amide bonds. The number of methoxy groups -OCH3 is 1. The molecular formula is C18H21N5O3. The van der Waals surface area contributed by atoms with Crippen LogP contribution in [-0.4, -0.2) is 62.6 Å². The molecule has 1 fully saturated rings. The lowest BCUT2D eigenvalue weighted by Gasteiger charge is -2.49. The van der Waals surface area contributed by atoms with Crippen molar-refractivity contribution < 1.29 is 14.9 Å². The highest BCUT2D eigenvalue weighted by atomic mass is 16.5. The van der Waals surface area contributed by atoms with Crippen LogP contribution in [0, 0.1) is 0 Å². The van der Waals surface area contributed by atoms with E-state index in [1.807, 2.05) is 18.2 Å². The van der Waals surface area contributed by atoms with Crippen molar-refractivity contribution in [2.75, 3.05) is 31.7 Å². The van der Waals surface area contributed by atoms with Crippen LogP contribution >= 0.6 is 0 Å². The van der Waals surface area contributed by atoms with Crippen LogP contribution in [0.5, 0.6) is 0 Å². The number of ether oxygens (including phenoxy) is 1. The molecule has 8 nitrogen and oxygen atoms in total. The van der Waals surface area contributed by atoms with Gasteiger partial charge in [0.15, 0.2) is 17.0 Å². The number of rotatable bonds is 6. The molecule has 3 aromatic rings. The van der Waals surface area contributed by atoms with E-state index in [2.05, 4.69) is 32.0 Å². The van der Waals surface area contributed by atoms with Gasteiger partial charge in [0.05, 0.1) is 38.7 Å². The van der Waals surface area contributed by atoms with Gasteiger partial charge >= 0.3 is 0 Å². The fourth-order valence-corrected chi connectivity index (χ4v) is 3.41. The minimum atomic E-state index is -0.853. The van der Waals surface area contributed by atoms with E-state index in [0.717, 1.165) is 11.4 Å². The van der Waals surface area contributed by atoms with Crippen molar-refractivity contribution in [1.82, 2.24) is 19.5 Å². The van der Waals surface area contributed by atoms with Crippen molar-refractivity contribution >= 4 is 17.0 Å². The zero-order valence-electron chi connectivity index (χ0n) is 14.5. The molecule has 8 heteroatoms. The van der Waals surface area contributed by atoms with Crippen LogP contribution in [-0.2, 0) is 16.9 Å². The van der Waals surface area contributed by atoms with Gasteiger partial charge in [0, 0.05) is 7.11 Å². The SMILES string of the molecule is COC1(c2ccccc2)CN(c2ncnc3c2ncn3CC(O)CO)C1. The average Bonchev–Trinajstić information content (AvgIpc) is 3.06. The van der Waals surface area contributed by atoms with Gasteiger partial charge in [-0.2, -0.15) is 0 Å². The molecule has 0 radical (unpaired) electrons. The zero-order valence-corrected chi connectivity index (χ0v) is 14.5. The Hall–Kier alpha value is -2.55. The van der Waals surface area contributed by atoms with Crippen LogP contribution in [0.15, 0.2) is 43.0 Å². The highest BCUT2D eigenvalue weighted by Crippen LogP contribution is 2.39. The molecule has 4 rings (SSSR count). The summed E-state index contributed by atoms with van der Waals surface area (Å²) in [5.74, 6) is 0.746. The molecule has 0 spiro atoms. The van der Waals surface area contributed by atoms with Crippen LogP contribution in [0.25, 0.3) is 11.2 Å². The van der Waals surface area contributed by atoms with E-state index in [-0.39, 0.29) is 18.8 Å². The van der Waals surface area contributed by atoms with Crippen LogP contribution in [0.3, 0.4) is 0 Å². The van der Waals surface area contributed by atoms with Crippen LogP contribution in [0.4, 0.5) is 5.82 Å². The number of aliphatic hydroxyl groups excluding tert-OH is 2. The second-order valence-corrected chi connectivity index (χ2v) is 6.52. The molecule has 1 saturated heterocycles. The molecule has 0 saturated carbocycles. The fraction of sp³-hybridized carbons (Fsp3) is 0.389. The summed E-state index contributed by atoms with van der Waals surface area (Å²) in [5.41, 5.74) is 2.10. The van der Waals surface area contributed by atoms with Gasteiger partial charge in [-0.25, -0.2) is 15.0 Å². The molecule has 1 aliphatic heterocycles. The van der Waals surface area contributed by atoms with E-state index >= 15 is 0 Å². The van der Waals surface area contributed by atoms with Gasteiger partial charge in [-0.3, -0.25) is 0 Å². The predicted molar refractivity (Wildman–Crippen MR) is 95.8 cm³/mol. The lowest BCUT2D eigenvalue weighted by atomic mass is 9.85. The maximum absolute atomic E-state index is 9.68. The molecule has 3 heterocycles. The summed E-state index contributed by atoms with van der Waals surface area (Å²) in [6.45, 7) is 1.27. The molecule has 1 aliphatic rings. The summed E-state index contributed by atoms with van der Waals surface area (Å²) in [6, 6.07) is 10.2. The second-order valence-electron chi connectivity index (χ2n) is 6.52. The third-order valence-electron chi connectivity index (χ3n) is 4.88. The Bertz CT molecular complexity index is 892. The highest BCUT2D eigenvalue weighted by Gasteiger charge is 2.46. The van der Waals surface area contributed by atoms with E-state index in [0.29, 0.717) is 24.3 Å². The number of aliphatic hydroxyl groups is 2. The largest absolute Gasteiger partial charge is 0.394 e. The van der Waals surface area contributed by atoms with E-state index in [1.54, 1.807) is 18.0 Å². The van der Waals surface area contributed by atoms with Crippen molar-refractivity contribution in [2.45, 2.75) is 18.2 Å². The molecule has 2 N–H and O–H groups in total. The Morgan fingerprint density at radius 2 is 1.96 bits per heavy atom. The third kappa shape index (κ3) is 2.72. The molecule has 136 valence electrons. The Balaban J connectivity index is 1.61. The minimum absolute atomic E-state index is 0.232. The number of hydrogen-bond acceptors (Lipinski definition) is 7. The monoisotopic (exact) mass is 355 g/mol. The number of imidazole rings is 1. The predicted octanol–water partition coefficient (Wildman–Crippen LogP) is 0.541. The normalized spacial score (nSPS) is 17.3. The average molecular weight is 355 g/mol. The first-order chi connectivity index (χ1) is 12.7. The van der Waals surface area contributed by atoms with Gasteiger partial charge in [-0.15, -0.1) is 0 Å². The number of benzene rings is 1. The standard InChI is InChI=1S/C18H21N5O3/c1-26-18(13-5-3-2-4-6-13)9-23(10-18)17-15-16(19-11-20-17)22(12-21-15)7-14(25)8-24/h2-6,11-12,14,24-25H,7-10H2,1H3.